The Morgan fingerprint density at radius 3 is 2.54 bits per heavy atom. The summed E-state index contributed by atoms with van der Waals surface area (Å²) >= 11 is 0. The molecule has 7 nitrogen and oxygen atoms in total. The summed E-state index contributed by atoms with van der Waals surface area (Å²) in [4.78, 5) is 25.4. The molecule has 0 aliphatic heterocycles. The fourth-order valence-corrected chi connectivity index (χ4v) is 4.07. The van der Waals surface area contributed by atoms with E-state index in [2.05, 4.69) is 15.5 Å². The highest BCUT2D eigenvalue weighted by atomic mass is 16.2. The molecule has 0 radical (unpaired) electrons. The number of benzene rings is 1. The Kier molecular flexibility index (Phi) is 4.98. The van der Waals surface area contributed by atoms with Crippen LogP contribution in [0.1, 0.15) is 43.5 Å². The van der Waals surface area contributed by atoms with Gasteiger partial charge in [0.05, 0.1) is 22.5 Å². The number of nitrogens with one attached hydrogen (secondary N) is 1. The van der Waals surface area contributed by atoms with Crippen LogP contribution in [0.4, 0.5) is 0 Å². The summed E-state index contributed by atoms with van der Waals surface area (Å²) in [6, 6.07) is 9.89. The van der Waals surface area contributed by atoms with E-state index in [4.69, 9.17) is 0 Å². The standard InChI is InChI=1S/C21H25N5O2/c1-14-19-15(2)26(17-11-7-4-8-12-17)24-20(19)21(28)25(23-14)13-18(27)22-16-9-5-3-6-10-16/h4,7-8,11-12,16H,3,5-6,9-10,13H2,1-2H3,(H,22,27). The SMILES string of the molecule is Cc1nn(CC(=O)NC2CCCCC2)c(=O)c2nn(-c3ccccc3)c(C)c12. The Morgan fingerprint density at radius 1 is 1.11 bits per heavy atom. The van der Waals surface area contributed by atoms with Crippen molar-refractivity contribution < 1.29 is 4.79 Å². The first-order valence-corrected chi connectivity index (χ1v) is 9.86. The van der Waals surface area contributed by atoms with Crippen molar-refractivity contribution in [2.45, 2.75) is 58.5 Å². The first-order chi connectivity index (χ1) is 13.5. The van der Waals surface area contributed by atoms with Gasteiger partial charge >= 0.3 is 0 Å². The number of carbonyl (C=O) groups is 1. The molecule has 1 fully saturated rings. The third kappa shape index (κ3) is 3.44. The quantitative estimate of drug-likeness (QED) is 0.756. The average molecular weight is 379 g/mol. The molecule has 28 heavy (non-hydrogen) atoms. The molecule has 3 aromatic rings. The van der Waals surface area contributed by atoms with E-state index in [1.54, 1.807) is 4.68 Å². The highest BCUT2D eigenvalue weighted by Crippen LogP contribution is 2.21. The van der Waals surface area contributed by atoms with Crippen molar-refractivity contribution in [3.63, 3.8) is 0 Å². The maximum atomic E-state index is 12.9. The van der Waals surface area contributed by atoms with E-state index in [1.807, 2.05) is 44.2 Å². The highest BCUT2D eigenvalue weighted by Gasteiger charge is 2.20. The molecule has 1 aliphatic rings. The summed E-state index contributed by atoms with van der Waals surface area (Å²) in [5.74, 6) is -0.167. The minimum Gasteiger partial charge on any atom is -0.352 e. The molecule has 0 spiro atoms. The van der Waals surface area contributed by atoms with E-state index >= 15 is 0 Å². The van der Waals surface area contributed by atoms with Crippen LogP contribution in [-0.4, -0.2) is 31.5 Å². The monoisotopic (exact) mass is 379 g/mol. The molecule has 146 valence electrons. The summed E-state index contributed by atoms with van der Waals surface area (Å²) in [6.07, 6.45) is 5.53. The van der Waals surface area contributed by atoms with Crippen LogP contribution >= 0.6 is 0 Å². The number of rotatable bonds is 4. The molecule has 4 rings (SSSR count). The molecule has 0 bridgehead atoms. The Balaban J connectivity index is 1.66. The molecule has 2 aromatic heterocycles. The minimum atomic E-state index is -0.336. The lowest BCUT2D eigenvalue weighted by molar-refractivity contribution is -0.122. The van der Waals surface area contributed by atoms with E-state index in [1.165, 1.54) is 11.1 Å². The van der Waals surface area contributed by atoms with Crippen molar-refractivity contribution >= 4 is 16.8 Å². The number of amides is 1. The van der Waals surface area contributed by atoms with E-state index in [0.29, 0.717) is 11.2 Å². The number of fused-ring (bicyclic) bond motifs is 1. The second kappa shape index (κ2) is 7.58. The smallest absolute Gasteiger partial charge is 0.295 e. The van der Waals surface area contributed by atoms with Gasteiger partial charge in [0.25, 0.3) is 5.56 Å². The van der Waals surface area contributed by atoms with Crippen LogP contribution in [0.15, 0.2) is 35.1 Å². The summed E-state index contributed by atoms with van der Waals surface area (Å²) in [5.41, 5.74) is 2.45. The van der Waals surface area contributed by atoms with Crippen molar-refractivity contribution in [2.24, 2.45) is 0 Å². The molecule has 7 heteroatoms. The van der Waals surface area contributed by atoms with Crippen molar-refractivity contribution in [1.29, 1.82) is 0 Å². The van der Waals surface area contributed by atoms with Crippen molar-refractivity contribution in [1.82, 2.24) is 24.9 Å². The molecule has 0 unspecified atom stereocenters. The van der Waals surface area contributed by atoms with Crippen molar-refractivity contribution in [3.8, 4) is 5.69 Å². The van der Waals surface area contributed by atoms with Gasteiger partial charge < -0.3 is 5.32 Å². The van der Waals surface area contributed by atoms with Crippen LogP contribution in [0.5, 0.6) is 0 Å². The first kappa shape index (κ1) is 18.4. The predicted octanol–water partition coefficient (Wildman–Crippen LogP) is 2.65. The van der Waals surface area contributed by atoms with Gasteiger partial charge in [0.15, 0.2) is 5.52 Å². The van der Waals surface area contributed by atoms with Gasteiger partial charge in [-0.2, -0.15) is 10.2 Å². The zero-order valence-corrected chi connectivity index (χ0v) is 16.3. The highest BCUT2D eigenvalue weighted by molar-refractivity contribution is 5.83. The molecule has 2 heterocycles. The van der Waals surface area contributed by atoms with Gasteiger partial charge in [-0.15, -0.1) is 0 Å². The second-order valence-electron chi connectivity index (χ2n) is 7.51. The largest absolute Gasteiger partial charge is 0.352 e. The van der Waals surface area contributed by atoms with E-state index < -0.39 is 0 Å². The maximum Gasteiger partial charge on any atom is 0.295 e. The predicted molar refractivity (Wildman–Crippen MR) is 108 cm³/mol. The van der Waals surface area contributed by atoms with E-state index in [-0.39, 0.29) is 24.1 Å². The number of hydrogen-bond donors (Lipinski definition) is 1. The summed E-state index contributed by atoms with van der Waals surface area (Å²) in [5, 5.41) is 12.7. The lowest BCUT2D eigenvalue weighted by Crippen LogP contribution is -2.40. The van der Waals surface area contributed by atoms with Crippen LogP contribution in [0, 0.1) is 13.8 Å². The van der Waals surface area contributed by atoms with Gasteiger partial charge in [-0.25, -0.2) is 9.36 Å². The molecule has 1 N–H and O–H groups in total. The first-order valence-electron chi connectivity index (χ1n) is 9.86. The third-order valence-corrected chi connectivity index (χ3v) is 5.45. The van der Waals surface area contributed by atoms with E-state index in [9.17, 15) is 9.59 Å². The van der Waals surface area contributed by atoms with Gasteiger partial charge in [-0.3, -0.25) is 9.59 Å². The molecular formula is C21H25N5O2. The minimum absolute atomic E-state index is 0.0800. The van der Waals surface area contributed by atoms with Crippen LogP contribution in [-0.2, 0) is 11.3 Å². The molecular weight excluding hydrogens is 354 g/mol. The number of para-hydroxylation sites is 1. The van der Waals surface area contributed by atoms with Crippen LogP contribution in [0.25, 0.3) is 16.6 Å². The van der Waals surface area contributed by atoms with Crippen LogP contribution < -0.4 is 10.9 Å². The second-order valence-corrected chi connectivity index (χ2v) is 7.51. The molecule has 1 aromatic carbocycles. The number of aromatic nitrogens is 4. The molecule has 0 saturated heterocycles. The lowest BCUT2D eigenvalue weighted by atomic mass is 9.95. The Bertz CT molecular complexity index is 1060. The summed E-state index contributed by atoms with van der Waals surface area (Å²) in [7, 11) is 0. The van der Waals surface area contributed by atoms with Gasteiger partial charge in [0.2, 0.25) is 5.91 Å². The van der Waals surface area contributed by atoms with Crippen molar-refractivity contribution in [3.05, 3.63) is 52.1 Å². The molecule has 1 saturated carbocycles. The number of hydrogen-bond acceptors (Lipinski definition) is 4. The third-order valence-electron chi connectivity index (χ3n) is 5.45. The number of nitrogens with zero attached hydrogens (tertiary/aromatic N) is 4. The zero-order valence-electron chi connectivity index (χ0n) is 16.3. The van der Waals surface area contributed by atoms with Gasteiger partial charge in [0.1, 0.15) is 6.54 Å². The summed E-state index contributed by atoms with van der Waals surface area (Å²) < 4.78 is 2.99. The van der Waals surface area contributed by atoms with Gasteiger partial charge in [0, 0.05) is 6.04 Å². The maximum absolute atomic E-state index is 12.9. The van der Waals surface area contributed by atoms with Gasteiger partial charge in [-0.05, 0) is 38.8 Å². The van der Waals surface area contributed by atoms with Crippen LogP contribution in [0.3, 0.4) is 0 Å². The van der Waals surface area contributed by atoms with E-state index in [0.717, 1.165) is 42.5 Å². The lowest BCUT2D eigenvalue weighted by Gasteiger charge is -2.22. The number of aryl methyl sites for hydroxylation is 2. The molecule has 0 atom stereocenters. The van der Waals surface area contributed by atoms with Gasteiger partial charge in [-0.1, -0.05) is 37.5 Å². The van der Waals surface area contributed by atoms with Crippen LogP contribution in [0.2, 0.25) is 0 Å². The summed E-state index contributed by atoms with van der Waals surface area (Å²) in [6.45, 7) is 3.70. The van der Waals surface area contributed by atoms with Crippen molar-refractivity contribution in [2.75, 3.05) is 0 Å². The Hall–Kier alpha value is -2.96. The fourth-order valence-electron chi connectivity index (χ4n) is 4.07. The fraction of sp³-hybridized carbons (Fsp3) is 0.429. The molecule has 1 aliphatic carbocycles. The zero-order chi connectivity index (χ0) is 19.7. The number of carbonyl (C=O) groups excluding carboxylic acids is 1. The molecule has 1 amide bonds. The average Bonchev–Trinajstić information content (AvgIpc) is 3.05. The normalized spacial score (nSPS) is 15.1. The topological polar surface area (TPSA) is 81.8 Å². The Labute approximate surface area is 163 Å². The Morgan fingerprint density at radius 2 is 1.82 bits per heavy atom.